The fourth-order valence-corrected chi connectivity index (χ4v) is 3.72. The summed E-state index contributed by atoms with van der Waals surface area (Å²) in [4.78, 5) is 14.8. The number of nitriles is 1. The van der Waals surface area contributed by atoms with Crippen molar-refractivity contribution in [2.45, 2.75) is 50.7 Å². The van der Waals surface area contributed by atoms with Crippen molar-refractivity contribution >= 4 is 5.91 Å². The van der Waals surface area contributed by atoms with Gasteiger partial charge in [0, 0.05) is 25.0 Å². The van der Waals surface area contributed by atoms with Gasteiger partial charge in [0.15, 0.2) is 6.10 Å². The van der Waals surface area contributed by atoms with Gasteiger partial charge < -0.3 is 14.2 Å². The van der Waals surface area contributed by atoms with Crippen molar-refractivity contribution in [2.24, 2.45) is 0 Å². The number of likely N-dealkylation sites (tertiary alicyclic amines) is 1. The number of hydrogen-bond donors (Lipinski definition) is 0. The highest BCUT2D eigenvalue weighted by molar-refractivity contribution is 5.81. The molecule has 2 aromatic rings. The zero-order valence-corrected chi connectivity index (χ0v) is 15.4. The van der Waals surface area contributed by atoms with E-state index in [1.54, 1.807) is 31.2 Å². The normalized spacial score (nSPS) is 20.7. The summed E-state index contributed by atoms with van der Waals surface area (Å²) in [7, 11) is 0. The van der Waals surface area contributed by atoms with Gasteiger partial charge in [0.1, 0.15) is 17.9 Å². The number of hydrogen-bond acceptors (Lipinski definition) is 5. The summed E-state index contributed by atoms with van der Waals surface area (Å²) in [6.45, 7) is 3.15. The number of aromatic nitrogens is 3. The van der Waals surface area contributed by atoms with E-state index in [1.807, 2.05) is 11.2 Å². The van der Waals surface area contributed by atoms with Gasteiger partial charge in [-0.1, -0.05) is 6.07 Å². The molecule has 1 aliphatic heterocycles. The predicted octanol–water partition coefficient (Wildman–Crippen LogP) is 2.66. The molecule has 0 unspecified atom stereocenters. The van der Waals surface area contributed by atoms with Crippen molar-refractivity contribution < 1.29 is 9.53 Å². The minimum atomic E-state index is -0.598. The van der Waals surface area contributed by atoms with Crippen LogP contribution in [0, 0.1) is 11.3 Å². The minimum absolute atomic E-state index is 0.0282. The molecule has 1 amide bonds. The Balaban J connectivity index is 1.42. The largest absolute Gasteiger partial charge is 0.481 e. The lowest BCUT2D eigenvalue weighted by Gasteiger charge is -2.34. The SMILES string of the molecule is C[C@H](Oc1cccc(C#N)c1)C(=O)N1CCC[C@H](c2nncn2C2CC2)C1. The Morgan fingerprint density at radius 3 is 3.00 bits per heavy atom. The van der Waals surface area contributed by atoms with Crippen molar-refractivity contribution in [1.29, 1.82) is 5.26 Å². The summed E-state index contributed by atoms with van der Waals surface area (Å²) in [5, 5.41) is 17.4. The average Bonchev–Trinajstić information content (AvgIpc) is 3.43. The van der Waals surface area contributed by atoms with E-state index in [0.717, 1.165) is 25.2 Å². The van der Waals surface area contributed by atoms with Crippen LogP contribution in [0.2, 0.25) is 0 Å². The van der Waals surface area contributed by atoms with E-state index >= 15 is 0 Å². The van der Waals surface area contributed by atoms with Crippen LogP contribution in [0.5, 0.6) is 5.75 Å². The van der Waals surface area contributed by atoms with Gasteiger partial charge >= 0.3 is 0 Å². The van der Waals surface area contributed by atoms with Crippen LogP contribution in [0.4, 0.5) is 0 Å². The number of piperidine rings is 1. The highest BCUT2D eigenvalue weighted by Gasteiger charge is 2.33. The van der Waals surface area contributed by atoms with Crippen LogP contribution in [-0.4, -0.2) is 44.8 Å². The molecule has 140 valence electrons. The smallest absolute Gasteiger partial charge is 0.263 e. The lowest BCUT2D eigenvalue weighted by atomic mass is 9.96. The second-order valence-corrected chi connectivity index (χ2v) is 7.35. The minimum Gasteiger partial charge on any atom is -0.481 e. The molecule has 0 N–H and O–H groups in total. The first-order valence-electron chi connectivity index (χ1n) is 9.50. The number of rotatable bonds is 5. The second kappa shape index (κ2) is 7.39. The predicted molar refractivity (Wildman–Crippen MR) is 98.1 cm³/mol. The summed E-state index contributed by atoms with van der Waals surface area (Å²) >= 11 is 0. The van der Waals surface area contributed by atoms with Crippen LogP contribution < -0.4 is 4.74 Å². The molecule has 4 rings (SSSR count). The van der Waals surface area contributed by atoms with Gasteiger partial charge in [0.05, 0.1) is 11.6 Å². The Hall–Kier alpha value is -2.88. The molecular formula is C20H23N5O2. The first-order chi connectivity index (χ1) is 13.2. The third-order valence-corrected chi connectivity index (χ3v) is 5.26. The standard InChI is InChI=1S/C20H23N5O2/c1-14(27-18-6-2-4-15(10-18)11-21)20(26)24-9-3-5-16(12-24)19-23-22-13-25(19)17-7-8-17/h2,4,6,10,13-14,16-17H,3,5,7-9,12H2,1H3/t14-,16-/m0/s1. The summed E-state index contributed by atoms with van der Waals surface area (Å²) in [6.07, 6.45) is 5.57. The van der Waals surface area contributed by atoms with Crippen LogP contribution in [-0.2, 0) is 4.79 Å². The van der Waals surface area contributed by atoms with Gasteiger partial charge in [-0.15, -0.1) is 10.2 Å². The van der Waals surface area contributed by atoms with E-state index in [4.69, 9.17) is 10.00 Å². The molecule has 1 saturated carbocycles. The van der Waals surface area contributed by atoms with Crippen LogP contribution in [0.3, 0.4) is 0 Å². The van der Waals surface area contributed by atoms with Crippen LogP contribution in [0.25, 0.3) is 0 Å². The summed E-state index contributed by atoms with van der Waals surface area (Å²) in [6, 6.07) is 9.51. The van der Waals surface area contributed by atoms with Crippen molar-refractivity contribution in [1.82, 2.24) is 19.7 Å². The molecule has 0 spiro atoms. The maximum absolute atomic E-state index is 12.9. The topological polar surface area (TPSA) is 84.0 Å². The van der Waals surface area contributed by atoms with Crippen molar-refractivity contribution in [3.05, 3.63) is 42.0 Å². The number of carbonyl (C=O) groups excluding carboxylic acids is 1. The molecule has 1 aliphatic carbocycles. The Morgan fingerprint density at radius 1 is 1.37 bits per heavy atom. The first-order valence-corrected chi connectivity index (χ1v) is 9.50. The Morgan fingerprint density at radius 2 is 2.22 bits per heavy atom. The molecule has 2 fully saturated rings. The molecule has 7 heteroatoms. The van der Waals surface area contributed by atoms with E-state index in [9.17, 15) is 4.79 Å². The molecule has 2 heterocycles. The maximum Gasteiger partial charge on any atom is 0.263 e. The molecule has 0 bridgehead atoms. The van der Waals surface area contributed by atoms with Gasteiger partial charge in [-0.3, -0.25) is 4.79 Å². The summed E-state index contributed by atoms with van der Waals surface area (Å²) in [5.74, 6) is 1.74. The molecule has 7 nitrogen and oxygen atoms in total. The molecule has 0 radical (unpaired) electrons. The first kappa shape index (κ1) is 17.5. The van der Waals surface area contributed by atoms with Crippen molar-refractivity contribution in [3.63, 3.8) is 0 Å². The molecule has 1 saturated heterocycles. The number of carbonyl (C=O) groups is 1. The Bertz CT molecular complexity index is 867. The van der Waals surface area contributed by atoms with E-state index in [0.29, 0.717) is 23.9 Å². The highest BCUT2D eigenvalue weighted by Crippen LogP contribution is 2.38. The molecular weight excluding hydrogens is 342 g/mol. The maximum atomic E-state index is 12.9. The quantitative estimate of drug-likeness (QED) is 0.813. The monoisotopic (exact) mass is 365 g/mol. The van der Waals surface area contributed by atoms with Gasteiger partial charge in [-0.25, -0.2) is 0 Å². The van der Waals surface area contributed by atoms with E-state index in [2.05, 4.69) is 20.8 Å². The summed E-state index contributed by atoms with van der Waals surface area (Å²) in [5.41, 5.74) is 0.518. The number of benzene rings is 1. The van der Waals surface area contributed by atoms with Crippen molar-refractivity contribution in [3.8, 4) is 11.8 Å². The fraction of sp³-hybridized carbons (Fsp3) is 0.500. The van der Waals surface area contributed by atoms with E-state index in [-0.39, 0.29) is 11.8 Å². The van der Waals surface area contributed by atoms with Crippen LogP contribution in [0.15, 0.2) is 30.6 Å². The molecule has 1 aromatic carbocycles. The van der Waals surface area contributed by atoms with Gasteiger partial charge in [-0.05, 0) is 50.8 Å². The fourth-order valence-electron chi connectivity index (χ4n) is 3.72. The molecule has 27 heavy (non-hydrogen) atoms. The Kier molecular flexibility index (Phi) is 4.80. The van der Waals surface area contributed by atoms with Gasteiger partial charge in [0.25, 0.3) is 5.91 Å². The lowest BCUT2D eigenvalue weighted by molar-refractivity contribution is -0.139. The molecule has 2 aliphatic rings. The number of ether oxygens (including phenoxy) is 1. The van der Waals surface area contributed by atoms with Crippen LogP contribution >= 0.6 is 0 Å². The highest BCUT2D eigenvalue weighted by atomic mass is 16.5. The average molecular weight is 365 g/mol. The van der Waals surface area contributed by atoms with E-state index < -0.39 is 6.10 Å². The Labute approximate surface area is 158 Å². The van der Waals surface area contributed by atoms with Gasteiger partial charge in [0.2, 0.25) is 0 Å². The number of amides is 1. The van der Waals surface area contributed by atoms with Crippen molar-refractivity contribution in [2.75, 3.05) is 13.1 Å². The third-order valence-electron chi connectivity index (χ3n) is 5.26. The summed E-state index contributed by atoms with van der Waals surface area (Å²) < 4.78 is 7.98. The zero-order valence-electron chi connectivity index (χ0n) is 15.4. The third kappa shape index (κ3) is 3.80. The van der Waals surface area contributed by atoms with Crippen LogP contribution in [0.1, 0.15) is 56.0 Å². The molecule has 2 atom stereocenters. The van der Waals surface area contributed by atoms with E-state index in [1.165, 1.54) is 12.8 Å². The zero-order chi connectivity index (χ0) is 18.8. The molecule has 1 aromatic heterocycles. The second-order valence-electron chi connectivity index (χ2n) is 7.35. The lowest BCUT2D eigenvalue weighted by Crippen LogP contribution is -2.45. The number of nitrogens with zero attached hydrogens (tertiary/aromatic N) is 5. The van der Waals surface area contributed by atoms with Gasteiger partial charge in [-0.2, -0.15) is 5.26 Å².